The number of aromatic nitrogens is 2. The molecule has 9 heteroatoms. The molecule has 1 saturated heterocycles. The van der Waals surface area contributed by atoms with E-state index in [9.17, 15) is 18.0 Å². The summed E-state index contributed by atoms with van der Waals surface area (Å²) in [4.78, 5) is 33.0. The summed E-state index contributed by atoms with van der Waals surface area (Å²) in [6.07, 6.45) is 3.51. The summed E-state index contributed by atoms with van der Waals surface area (Å²) < 4.78 is 25.0. The highest BCUT2D eigenvalue weighted by Crippen LogP contribution is 2.18. The van der Waals surface area contributed by atoms with Crippen LogP contribution in [0.3, 0.4) is 0 Å². The van der Waals surface area contributed by atoms with Gasteiger partial charge in [0, 0.05) is 24.8 Å². The van der Waals surface area contributed by atoms with Crippen molar-refractivity contribution in [2.45, 2.75) is 39.2 Å². The summed E-state index contributed by atoms with van der Waals surface area (Å²) in [7, 11) is -3.33. The van der Waals surface area contributed by atoms with Crippen molar-refractivity contribution in [2.24, 2.45) is 0 Å². The molecular weight excluding hydrogens is 320 g/mol. The highest BCUT2D eigenvalue weighted by molar-refractivity contribution is 7.88. The van der Waals surface area contributed by atoms with Gasteiger partial charge in [-0.1, -0.05) is 0 Å². The Morgan fingerprint density at radius 1 is 1.39 bits per heavy atom. The second-order valence-electron chi connectivity index (χ2n) is 5.89. The van der Waals surface area contributed by atoms with E-state index in [2.05, 4.69) is 14.7 Å². The molecule has 1 atom stereocenters. The first-order chi connectivity index (χ1) is 10.7. The summed E-state index contributed by atoms with van der Waals surface area (Å²) in [5, 5.41) is 0. The summed E-state index contributed by atoms with van der Waals surface area (Å²) in [6, 6.07) is -0.270. The number of carbonyl (C=O) groups excluding carboxylic acids is 1. The quantitative estimate of drug-likeness (QED) is 0.795. The van der Waals surface area contributed by atoms with Gasteiger partial charge in [-0.3, -0.25) is 9.59 Å². The van der Waals surface area contributed by atoms with Crippen molar-refractivity contribution in [3.63, 3.8) is 0 Å². The summed E-state index contributed by atoms with van der Waals surface area (Å²) in [5.74, 6) is -0.450. The Hall–Kier alpha value is -1.74. The van der Waals surface area contributed by atoms with Crippen LogP contribution in [0.25, 0.3) is 0 Å². The van der Waals surface area contributed by atoms with Gasteiger partial charge < -0.3 is 9.88 Å². The summed E-state index contributed by atoms with van der Waals surface area (Å²) >= 11 is 0. The van der Waals surface area contributed by atoms with Crippen molar-refractivity contribution in [1.29, 1.82) is 0 Å². The van der Waals surface area contributed by atoms with Crippen molar-refractivity contribution >= 4 is 15.9 Å². The van der Waals surface area contributed by atoms with Gasteiger partial charge in [-0.05, 0) is 33.1 Å². The number of aromatic amines is 1. The van der Waals surface area contributed by atoms with Gasteiger partial charge in [0.1, 0.15) is 0 Å². The number of H-pyrrole nitrogens is 1. The molecule has 2 N–H and O–H groups in total. The minimum Gasteiger partial charge on any atom is -0.333 e. The molecule has 1 aromatic rings. The number of nitrogens with zero attached hydrogens (tertiary/aromatic N) is 2. The number of hydrogen-bond acceptors (Lipinski definition) is 5. The van der Waals surface area contributed by atoms with Crippen LogP contribution >= 0.6 is 0 Å². The van der Waals surface area contributed by atoms with Gasteiger partial charge in [0.15, 0.2) is 5.69 Å². The van der Waals surface area contributed by atoms with Crippen molar-refractivity contribution in [3.8, 4) is 0 Å². The fourth-order valence-corrected chi connectivity index (χ4v) is 3.13. The standard InChI is InChI=1S/C14H22N4O4S/c1-9-10(2)17-13(19)12(16-9)14(20)18-7-5-4-6-11(18)8-15-23(3,21)22/h11,15H,4-8H2,1-3H3,(H,17,19). The van der Waals surface area contributed by atoms with Crippen LogP contribution in [0.5, 0.6) is 0 Å². The molecule has 1 aliphatic rings. The van der Waals surface area contributed by atoms with E-state index < -0.39 is 21.5 Å². The van der Waals surface area contributed by atoms with E-state index in [1.807, 2.05) is 0 Å². The van der Waals surface area contributed by atoms with E-state index in [0.29, 0.717) is 24.4 Å². The molecule has 1 aliphatic heterocycles. The zero-order chi connectivity index (χ0) is 17.2. The van der Waals surface area contributed by atoms with Crippen molar-refractivity contribution in [3.05, 3.63) is 27.4 Å². The number of rotatable bonds is 4. The number of piperidine rings is 1. The Morgan fingerprint density at radius 3 is 2.74 bits per heavy atom. The maximum absolute atomic E-state index is 12.7. The van der Waals surface area contributed by atoms with E-state index in [1.165, 1.54) is 0 Å². The van der Waals surface area contributed by atoms with E-state index in [0.717, 1.165) is 19.1 Å². The number of carbonyl (C=O) groups is 1. The van der Waals surface area contributed by atoms with Crippen LogP contribution in [-0.4, -0.2) is 54.6 Å². The molecule has 0 spiro atoms. The zero-order valence-electron chi connectivity index (χ0n) is 13.5. The Kier molecular flexibility index (Phi) is 5.20. The Balaban J connectivity index is 2.25. The molecule has 0 aromatic carbocycles. The molecular formula is C14H22N4O4S. The first-order valence-electron chi connectivity index (χ1n) is 7.52. The van der Waals surface area contributed by atoms with E-state index >= 15 is 0 Å². The van der Waals surface area contributed by atoms with E-state index in [-0.39, 0.29) is 18.3 Å². The summed E-state index contributed by atoms with van der Waals surface area (Å²) in [5.41, 5.74) is 0.564. The maximum atomic E-state index is 12.7. The highest BCUT2D eigenvalue weighted by atomic mass is 32.2. The molecule has 0 saturated carbocycles. The lowest BCUT2D eigenvalue weighted by Crippen LogP contribution is -2.50. The van der Waals surface area contributed by atoms with Crippen LogP contribution in [0, 0.1) is 13.8 Å². The predicted molar refractivity (Wildman–Crippen MR) is 85.9 cm³/mol. The van der Waals surface area contributed by atoms with Crippen LogP contribution in [0.2, 0.25) is 0 Å². The molecule has 23 heavy (non-hydrogen) atoms. The molecule has 1 amide bonds. The minimum absolute atomic E-state index is 0.139. The molecule has 1 aromatic heterocycles. The lowest BCUT2D eigenvalue weighted by molar-refractivity contribution is 0.0610. The SMILES string of the molecule is Cc1nc(C(=O)N2CCCCC2CNS(C)(=O)=O)c(=O)[nH]c1C. The molecule has 8 nitrogen and oxygen atoms in total. The van der Waals surface area contributed by atoms with Gasteiger partial charge in [0.2, 0.25) is 10.0 Å². The van der Waals surface area contributed by atoms with Crippen LogP contribution in [0.1, 0.15) is 41.1 Å². The van der Waals surface area contributed by atoms with E-state index in [1.54, 1.807) is 18.7 Å². The van der Waals surface area contributed by atoms with Crippen LogP contribution in [0.15, 0.2) is 4.79 Å². The lowest BCUT2D eigenvalue weighted by atomic mass is 10.0. The van der Waals surface area contributed by atoms with Gasteiger partial charge in [-0.2, -0.15) is 0 Å². The molecule has 0 aliphatic carbocycles. The van der Waals surface area contributed by atoms with Gasteiger partial charge >= 0.3 is 0 Å². The van der Waals surface area contributed by atoms with Crippen LogP contribution < -0.4 is 10.3 Å². The Labute approximate surface area is 135 Å². The third-order valence-corrected chi connectivity index (χ3v) is 4.70. The molecule has 128 valence electrons. The molecule has 0 radical (unpaired) electrons. The Morgan fingerprint density at radius 2 is 2.09 bits per heavy atom. The second kappa shape index (κ2) is 6.79. The first-order valence-corrected chi connectivity index (χ1v) is 9.41. The van der Waals surface area contributed by atoms with Crippen molar-refractivity contribution in [2.75, 3.05) is 19.3 Å². The molecule has 0 bridgehead atoms. The van der Waals surface area contributed by atoms with Crippen LogP contribution in [-0.2, 0) is 10.0 Å². The predicted octanol–water partition coefficient (Wildman–Crippen LogP) is -0.0694. The molecule has 1 fully saturated rings. The van der Waals surface area contributed by atoms with Crippen LogP contribution in [0.4, 0.5) is 0 Å². The molecule has 2 rings (SSSR count). The number of aryl methyl sites for hydroxylation is 2. The number of sulfonamides is 1. The van der Waals surface area contributed by atoms with Crippen molar-refractivity contribution < 1.29 is 13.2 Å². The van der Waals surface area contributed by atoms with Gasteiger partial charge in [-0.25, -0.2) is 18.1 Å². The number of hydrogen-bond donors (Lipinski definition) is 2. The fourth-order valence-electron chi connectivity index (χ4n) is 2.63. The molecule has 2 heterocycles. The largest absolute Gasteiger partial charge is 0.333 e. The number of likely N-dealkylation sites (tertiary alicyclic amines) is 1. The second-order valence-corrected chi connectivity index (χ2v) is 7.73. The zero-order valence-corrected chi connectivity index (χ0v) is 14.4. The molecule has 1 unspecified atom stereocenters. The average Bonchev–Trinajstić information content (AvgIpc) is 2.48. The van der Waals surface area contributed by atoms with Crippen molar-refractivity contribution in [1.82, 2.24) is 19.6 Å². The smallest absolute Gasteiger partial charge is 0.279 e. The summed E-state index contributed by atoms with van der Waals surface area (Å²) in [6.45, 7) is 4.08. The normalized spacial score (nSPS) is 18.9. The third-order valence-electron chi connectivity index (χ3n) is 4.01. The minimum atomic E-state index is -3.33. The average molecular weight is 342 g/mol. The first kappa shape index (κ1) is 17.6. The van der Waals surface area contributed by atoms with Gasteiger partial charge in [0.05, 0.1) is 11.9 Å². The fraction of sp³-hybridized carbons (Fsp3) is 0.643. The van der Waals surface area contributed by atoms with Gasteiger partial charge in [-0.15, -0.1) is 0 Å². The van der Waals surface area contributed by atoms with E-state index in [4.69, 9.17) is 0 Å². The number of nitrogens with one attached hydrogen (secondary N) is 2. The lowest BCUT2D eigenvalue weighted by Gasteiger charge is -2.35. The monoisotopic (exact) mass is 342 g/mol. The third kappa shape index (κ3) is 4.38. The Bertz CT molecular complexity index is 757. The number of amides is 1. The van der Waals surface area contributed by atoms with Gasteiger partial charge in [0.25, 0.3) is 11.5 Å². The maximum Gasteiger partial charge on any atom is 0.279 e. The highest BCUT2D eigenvalue weighted by Gasteiger charge is 2.30. The topological polar surface area (TPSA) is 112 Å².